The molecule has 0 heterocycles. The number of hydrogen-bond acceptors (Lipinski definition) is 1. The Balaban J connectivity index is 2.57. The second kappa shape index (κ2) is 4.95. The highest BCUT2D eigenvalue weighted by Crippen LogP contribution is 2.38. The molecule has 2 atom stereocenters. The number of hydrogen-bond donors (Lipinski definition) is 1. The van der Waals surface area contributed by atoms with Crippen LogP contribution in [0.4, 0.5) is 0 Å². The number of benzene rings is 2. The molecule has 0 aliphatic heterocycles. The van der Waals surface area contributed by atoms with Crippen molar-refractivity contribution in [3.63, 3.8) is 0 Å². The van der Waals surface area contributed by atoms with Crippen molar-refractivity contribution >= 4 is 0 Å². The molecule has 0 spiro atoms. The van der Waals surface area contributed by atoms with Crippen molar-refractivity contribution in [2.75, 3.05) is 6.54 Å². The lowest BCUT2D eigenvalue weighted by molar-refractivity contribution is 0.526. The maximum Gasteiger partial charge on any atom is 0.0629 e. The van der Waals surface area contributed by atoms with Gasteiger partial charge in [-0.2, -0.15) is 0 Å². The molecule has 1 N–H and O–H groups in total. The summed E-state index contributed by atoms with van der Waals surface area (Å²) in [6.45, 7) is 2.14. The predicted octanol–water partition coefficient (Wildman–Crippen LogP) is 3.95. The van der Waals surface area contributed by atoms with E-state index in [2.05, 4.69) is 5.32 Å². The lowest BCUT2D eigenvalue weighted by Crippen LogP contribution is -2.26. The molecule has 0 radical (unpaired) electrons. The highest BCUT2D eigenvalue weighted by molar-refractivity contribution is 5.73. The Morgan fingerprint density at radius 3 is 2.78 bits per heavy atom. The molecular weight excluding hydrogens is 218 g/mol. The van der Waals surface area contributed by atoms with Gasteiger partial charge >= 0.3 is 0 Å². The molecule has 1 heteroatoms. The van der Waals surface area contributed by atoms with E-state index in [0.29, 0.717) is 13.0 Å². The quantitative estimate of drug-likeness (QED) is 0.866. The van der Waals surface area contributed by atoms with Crippen LogP contribution in [0.3, 0.4) is 0 Å². The van der Waals surface area contributed by atoms with Gasteiger partial charge in [0.2, 0.25) is 0 Å². The van der Waals surface area contributed by atoms with Crippen LogP contribution < -0.4 is 5.32 Å². The lowest BCUT2D eigenvalue weighted by Gasteiger charge is -2.28. The Hall–Kier alpha value is -1.60. The van der Waals surface area contributed by atoms with Crippen molar-refractivity contribution in [3.8, 4) is 11.1 Å². The van der Waals surface area contributed by atoms with Crippen LogP contribution in [0.2, 0.25) is 0 Å². The Morgan fingerprint density at radius 1 is 1.22 bits per heavy atom. The van der Waals surface area contributed by atoms with Gasteiger partial charge in [-0.3, -0.25) is 0 Å². The molecule has 0 saturated heterocycles. The van der Waals surface area contributed by atoms with E-state index < -0.39 is 60.8 Å². The molecular formula is C17H19N. The molecule has 0 fully saturated rings. The van der Waals surface area contributed by atoms with Crippen LogP contribution in [-0.4, -0.2) is 6.54 Å². The summed E-state index contributed by atoms with van der Waals surface area (Å²) < 4.78 is 82.6. The molecule has 2 aromatic rings. The first-order valence-electron chi connectivity index (χ1n) is 11.0. The van der Waals surface area contributed by atoms with E-state index in [-0.39, 0.29) is 22.3 Å². The first-order chi connectivity index (χ1) is 13.0. The average Bonchev–Trinajstić information content (AvgIpc) is 2.67. The Kier molecular flexibility index (Phi) is 1.33. The molecule has 18 heavy (non-hydrogen) atoms. The summed E-state index contributed by atoms with van der Waals surface area (Å²) in [5, 5.41) is 2.87. The summed E-state index contributed by atoms with van der Waals surface area (Å²) in [6, 6.07) is -6.09. The van der Waals surface area contributed by atoms with Gasteiger partial charge in [0.1, 0.15) is 0 Å². The second-order valence-corrected chi connectivity index (χ2v) is 4.02. The van der Waals surface area contributed by atoms with Crippen molar-refractivity contribution in [1.82, 2.24) is 5.32 Å². The molecule has 0 saturated carbocycles. The molecule has 92 valence electrons. The van der Waals surface area contributed by atoms with E-state index in [1.165, 1.54) is 0 Å². The molecule has 3 rings (SSSR count). The van der Waals surface area contributed by atoms with Gasteiger partial charge in [0, 0.05) is 7.39 Å². The van der Waals surface area contributed by atoms with Crippen molar-refractivity contribution in [2.45, 2.75) is 25.8 Å². The molecule has 0 bridgehead atoms. The highest BCUT2D eigenvalue weighted by atomic mass is 14.9. The summed E-state index contributed by atoms with van der Waals surface area (Å²) in [7, 11) is 0. The summed E-state index contributed by atoms with van der Waals surface area (Å²) in [4.78, 5) is 0. The fraction of sp³-hybridized carbons (Fsp3) is 0.294. The third kappa shape index (κ3) is 1.95. The SMILES string of the molecule is [2H]c1c([2H])c([2H])c2c(c1[2H])-c1c([2H])c([2H])c([2H])c([2H])c1[C@@]([2H])(NCCC)C2[2H]. The smallest absolute Gasteiger partial charge is 0.0629 e. The Morgan fingerprint density at radius 2 is 1.94 bits per heavy atom. The summed E-state index contributed by atoms with van der Waals surface area (Å²) in [5.41, 5.74) is -0.573. The zero-order chi connectivity index (χ0) is 21.1. The predicted molar refractivity (Wildman–Crippen MR) is 76.6 cm³/mol. The minimum atomic E-state index is -1.99. The number of fused-ring (bicyclic) bond motifs is 3. The van der Waals surface area contributed by atoms with Gasteiger partial charge in [-0.25, -0.2) is 0 Å². The Bertz CT molecular complexity index is 989. The van der Waals surface area contributed by atoms with Crippen LogP contribution in [0.5, 0.6) is 0 Å². The summed E-state index contributed by atoms with van der Waals surface area (Å²) in [6.07, 6.45) is -0.907. The largest absolute Gasteiger partial charge is 0.310 e. The van der Waals surface area contributed by atoms with Crippen LogP contribution in [0.15, 0.2) is 48.3 Å². The van der Waals surface area contributed by atoms with Gasteiger partial charge in [-0.05, 0) is 41.6 Å². The van der Waals surface area contributed by atoms with E-state index in [0.717, 1.165) is 0 Å². The fourth-order valence-electron chi connectivity index (χ4n) is 1.95. The third-order valence-electron chi connectivity index (χ3n) is 2.78. The maximum atomic E-state index is 8.94. The molecule has 0 aromatic heterocycles. The van der Waals surface area contributed by atoms with Gasteiger partial charge < -0.3 is 5.32 Å². The second-order valence-electron chi connectivity index (χ2n) is 4.02. The van der Waals surface area contributed by atoms with Gasteiger partial charge in [-0.15, -0.1) is 0 Å². The van der Waals surface area contributed by atoms with Gasteiger partial charge in [-0.1, -0.05) is 55.3 Å². The third-order valence-corrected chi connectivity index (χ3v) is 2.78. The van der Waals surface area contributed by atoms with Crippen LogP contribution in [0, 0.1) is 0 Å². The molecule has 1 aliphatic rings. The van der Waals surface area contributed by atoms with Gasteiger partial charge in [0.25, 0.3) is 0 Å². The number of rotatable bonds is 3. The molecule has 2 aromatic carbocycles. The lowest BCUT2D eigenvalue weighted by atomic mass is 9.82. The molecule has 1 aliphatic carbocycles. The van der Waals surface area contributed by atoms with Crippen molar-refractivity contribution in [1.29, 1.82) is 0 Å². The zero-order valence-electron chi connectivity index (χ0n) is 20.0. The molecule has 1 unspecified atom stereocenters. The van der Waals surface area contributed by atoms with Crippen LogP contribution in [0.1, 0.15) is 44.2 Å². The normalized spacial score (nSPS) is 33.1. The van der Waals surface area contributed by atoms with E-state index >= 15 is 0 Å². The van der Waals surface area contributed by atoms with E-state index in [1.54, 1.807) is 0 Å². The van der Waals surface area contributed by atoms with Crippen molar-refractivity contribution in [2.24, 2.45) is 0 Å². The molecule has 0 amide bonds. The Labute approximate surface area is 123 Å². The summed E-state index contributed by atoms with van der Waals surface area (Å²) in [5.74, 6) is 0. The number of nitrogens with one attached hydrogen (secondary N) is 1. The monoisotopic (exact) mass is 247 g/mol. The first kappa shape index (κ1) is 4.82. The maximum absolute atomic E-state index is 8.94. The van der Waals surface area contributed by atoms with Crippen LogP contribution in [0.25, 0.3) is 11.1 Å². The summed E-state index contributed by atoms with van der Waals surface area (Å²) >= 11 is 0. The fourth-order valence-corrected chi connectivity index (χ4v) is 1.95. The standard InChI is InChI=1S/C17H19N/c1-2-11-18-17-12-13-7-3-4-8-14(13)15-9-5-6-10-16(15)17/h3-10,17-18H,2,11-12H2,1H3/t17-/m0/s1/i3D,4D,5D,6D,7D,8D,9D,10D,12D,17D/t12?,17-. The molecule has 1 nitrogen and oxygen atoms in total. The van der Waals surface area contributed by atoms with Crippen molar-refractivity contribution in [3.05, 3.63) is 59.5 Å². The topological polar surface area (TPSA) is 12.0 Å². The van der Waals surface area contributed by atoms with Gasteiger partial charge in [0.15, 0.2) is 0 Å². The van der Waals surface area contributed by atoms with Gasteiger partial charge in [0.05, 0.1) is 12.3 Å². The minimum Gasteiger partial charge on any atom is -0.310 e. The minimum absolute atomic E-state index is 0.130. The first-order valence-corrected chi connectivity index (χ1v) is 5.89. The van der Waals surface area contributed by atoms with E-state index in [1.807, 2.05) is 6.92 Å². The van der Waals surface area contributed by atoms with E-state index in [4.69, 9.17) is 13.7 Å². The average molecular weight is 247 g/mol. The zero-order valence-corrected chi connectivity index (χ0v) is 9.99. The van der Waals surface area contributed by atoms with E-state index in [9.17, 15) is 0 Å². The van der Waals surface area contributed by atoms with Crippen LogP contribution >= 0.6 is 0 Å². The van der Waals surface area contributed by atoms with Crippen LogP contribution in [-0.2, 0) is 6.40 Å². The highest BCUT2D eigenvalue weighted by Gasteiger charge is 2.22. The van der Waals surface area contributed by atoms with Crippen molar-refractivity contribution < 1.29 is 13.7 Å².